The molecule has 8 nitrogen and oxygen atoms in total. The third-order valence-electron chi connectivity index (χ3n) is 4.81. The third kappa shape index (κ3) is 6.91. The highest BCUT2D eigenvalue weighted by atomic mass is 32.1. The number of hydrogen-bond donors (Lipinski definition) is 3. The molecule has 0 fully saturated rings. The van der Waals surface area contributed by atoms with Crippen molar-refractivity contribution in [3.8, 4) is 22.2 Å². The number of nitrogens with zero attached hydrogens (tertiary/aromatic N) is 3. The maximum Gasteiger partial charge on any atom is 0.416 e. The number of urea groups is 1. The molecule has 2 aromatic carbocycles. The summed E-state index contributed by atoms with van der Waals surface area (Å²) in [4.78, 5) is 25.4. The van der Waals surface area contributed by atoms with Crippen LogP contribution in [0.25, 0.3) is 10.4 Å². The second-order valence-corrected chi connectivity index (χ2v) is 8.64. The summed E-state index contributed by atoms with van der Waals surface area (Å²) in [5.74, 6) is -0.533. The molecule has 0 saturated heterocycles. The predicted molar refractivity (Wildman–Crippen MR) is 132 cm³/mol. The van der Waals surface area contributed by atoms with Crippen molar-refractivity contribution in [2.75, 3.05) is 22.5 Å². The minimum absolute atomic E-state index is 0.00599. The number of carbonyl (C=O) groups excluding carboxylic acids is 1. The summed E-state index contributed by atoms with van der Waals surface area (Å²) in [6.45, 7) is 2.94. The van der Waals surface area contributed by atoms with Gasteiger partial charge in [-0.15, -0.1) is 0 Å². The standard InChI is InChI=1S/C24H20F4N6O2S/c1-2-9-29-23-32-13-20(37-23)14-3-6-17(7-4-14)36-22-30-11-16(12-31-22)33-21(35)34-19-10-15(24(26,27)28)5-8-18(19)25/h3-8,10-13H,2,9H2,1H3,(H,29,32)(H2,33,34,35). The summed E-state index contributed by atoms with van der Waals surface area (Å²) in [5, 5.41) is 8.45. The fourth-order valence-corrected chi connectivity index (χ4v) is 3.88. The lowest BCUT2D eigenvalue weighted by Crippen LogP contribution is -2.21. The van der Waals surface area contributed by atoms with Crippen LogP contribution in [0.1, 0.15) is 18.9 Å². The third-order valence-corrected chi connectivity index (χ3v) is 5.81. The maximum atomic E-state index is 13.8. The zero-order valence-corrected chi connectivity index (χ0v) is 20.1. The first-order valence-corrected chi connectivity index (χ1v) is 11.8. The van der Waals surface area contributed by atoms with E-state index >= 15 is 0 Å². The number of rotatable bonds is 8. The van der Waals surface area contributed by atoms with Crippen LogP contribution in [0.5, 0.6) is 11.8 Å². The first-order valence-electron chi connectivity index (χ1n) is 11.0. The Labute approximate surface area is 212 Å². The molecule has 37 heavy (non-hydrogen) atoms. The Morgan fingerprint density at radius 3 is 2.41 bits per heavy atom. The lowest BCUT2D eigenvalue weighted by atomic mass is 10.2. The summed E-state index contributed by atoms with van der Waals surface area (Å²) in [6.07, 6.45) is 0.598. The SMILES string of the molecule is CCCNc1ncc(-c2ccc(Oc3ncc(NC(=O)Nc4cc(C(F)(F)F)ccc4F)cn3)cc2)s1. The number of amides is 2. The molecule has 0 atom stereocenters. The molecule has 2 heterocycles. The summed E-state index contributed by atoms with van der Waals surface area (Å²) < 4.78 is 57.9. The van der Waals surface area contributed by atoms with E-state index < -0.39 is 29.3 Å². The van der Waals surface area contributed by atoms with Gasteiger partial charge in [-0.3, -0.25) is 0 Å². The quantitative estimate of drug-likeness (QED) is 0.211. The Bertz CT molecular complexity index is 1360. The minimum Gasteiger partial charge on any atom is -0.424 e. The molecule has 0 bridgehead atoms. The number of thiazole rings is 1. The monoisotopic (exact) mass is 532 g/mol. The first-order chi connectivity index (χ1) is 17.7. The fraction of sp³-hybridized carbons (Fsp3) is 0.167. The molecule has 4 aromatic rings. The minimum atomic E-state index is -4.68. The van der Waals surface area contributed by atoms with Crippen LogP contribution in [0.15, 0.2) is 61.1 Å². The molecular weight excluding hydrogens is 512 g/mol. The van der Waals surface area contributed by atoms with E-state index in [1.54, 1.807) is 29.7 Å². The number of nitrogens with one attached hydrogen (secondary N) is 3. The lowest BCUT2D eigenvalue weighted by molar-refractivity contribution is -0.137. The van der Waals surface area contributed by atoms with E-state index in [0.29, 0.717) is 23.9 Å². The van der Waals surface area contributed by atoms with Crippen LogP contribution >= 0.6 is 11.3 Å². The van der Waals surface area contributed by atoms with Crippen molar-refractivity contribution in [3.05, 3.63) is 72.4 Å². The fourth-order valence-electron chi connectivity index (χ4n) is 3.03. The Morgan fingerprint density at radius 1 is 1.00 bits per heavy atom. The molecule has 192 valence electrons. The number of halogens is 4. The second-order valence-electron chi connectivity index (χ2n) is 7.61. The van der Waals surface area contributed by atoms with Crippen LogP contribution < -0.4 is 20.7 Å². The van der Waals surface area contributed by atoms with Crippen molar-refractivity contribution in [3.63, 3.8) is 0 Å². The second kappa shape index (κ2) is 11.2. The van der Waals surface area contributed by atoms with Crippen molar-refractivity contribution >= 4 is 33.9 Å². The van der Waals surface area contributed by atoms with Crippen LogP contribution in [0.3, 0.4) is 0 Å². The van der Waals surface area contributed by atoms with E-state index in [1.165, 1.54) is 12.4 Å². The Morgan fingerprint density at radius 2 is 1.73 bits per heavy atom. The lowest BCUT2D eigenvalue weighted by Gasteiger charge is -2.11. The van der Waals surface area contributed by atoms with Gasteiger partial charge < -0.3 is 20.7 Å². The number of aromatic nitrogens is 3. The molecule has 0 aliphatic rings. The molecular formula is C24H20F4N6O2S. The Kier molecular flexibility index (Phi) is 7.82. The van der Waals surface area contributed by atoms with Crippen molar-refractivity contribution in [2.24, 2.45) is 0 Å². The highest BCUT2D eigenvalue weighted by molar-refractivity contribution is 7.18. The predicted octanol–water partition coefficient (Wildman–Crippen LogP) is 7.02. The molecule has 0 radical (unpaired) electrons. The van der Waals surface area contributed by atoms with Gasteiger partial charge in [-0.2, -0.15) is 13.2 Å². The highest BCUT2D eigenvalue weighted by Gasteiger charge is 2.31. The molecule has 0 aliphatic carbocycles. The molecule has 0 aliphatic heterocycles. The molecule has 13 heteroatoms. The van der Waals surface area contributed by atoms with Crippen molar-refractivity contribution in [1.29, 1.82) is 0 Å². The Balaban J connectivity index is 1.33. The van der Waals surface area contributed by atoms with Gasteiger partial charge in [0.05, 0.1) is 34.2 Å². The Hall–Kier alpha value is -4.26. The van der Waals surface area contributed by atoms with Crippen LogP contribution in [-0.4, -0.2) is 27.5 Å². The van der Waals surface area contributed by atoms with Gasteiger partial charge in [0.25, 0.3) is 0 Å². The summed E-state index contributed by atoms with van der Waals surface area (Å²) in [7, 11) is 0. The van der Waals surface area contributed by atoms with Gasteiger partial charge in [0.15, 0.2) is 5.13 Å². The summed E-state index contributed by atoms with van der Waals surface area (Å²) in [6, 6.07) is 8.00. The average Bonchev–Trinajstić information content (AvgIpc) is 3.34. The number of benzene rings is 2. The van der Waals surface area contributed by atoms with Crippen molar-refractivity contribution in [2.45, 2.75) is 19.5 Å². The first kappa shape index (κ1) is 25.8. The molecule has 2 amide bonds. The largest absolute Gasteiger partial charge is 0.424 e. The number of hydrogen-bond acceptors (Lipinski definition) is 7. The molecule has 4 rings (SSSR count). The van der Waals surface area contributed by atoms with Gasteiger partial charge in [0.2, 0.25) is 0 Å². The average molecular weight is 533 g/mol. The van der Waals surface area contributed by atoms with Crippen molar-refractivity contribution in [1.82, 2.24) is 15.0 Å². The summed E-state index contributed by atoms with van der Waals surface area (Å²) >= 11 is 1.55. The molecule has 0 spiro atoms. The number of ether oxygens (including phenoxy) is 1. The zero-order valence-electron chi connectivity index (χ0n) is 19.3. The van der Waals surface area contributed by atoms with Crippen LogP contribution in [0.2, 0.25) is 0 Å². The molecule has 0 unspecified atom stereocenters. The van der Waals surface area contributed by atoms with Gasteiger partial charge >= 0.3 is 18.2 Å². The zero-order chi connectivity index (χ0) is 26.4. The number of carbonyl (C=O) groups is 1. The summed E-state index contributed by atoms with van der Waals surface area (Å²) in [5.41, 5.74) is -0.630. The van der Waals surface area contributed by atoms with E-state index in [-0.39, 0.29) is 11.7 Å². The van der Waals surface area contributed by atoms with Crippen LogP contribution in [0.4, 0.5) is 38.9 Å². The van der Waals surface area contributed by atoms with E-state index in [2.05, 4.69) is 32.5 Å². The van der Waals surface area contributed by atoms with E-state index in [4.69, 9.17) is 4.74 Å². The highest BCUT2D eigenvalue weighted by Crippen LogP contribution is 2.32. The van der Waals surface area contributed by atoms with Gasteiger partial charge in [-0.25, -0.2) is 24.1 Å². The van der Waals surface area contributed by atoms with Gasteiger partial charge in [-0.1, -0.05) is 18.3 Å². The number of anilines is 3. The van der Waals surface area contributed by atoms with Gasteiger partial charge in [0, 0.05) is 12.7 Å². The maximum absolute atomic E-state index is 13.8. The van der Waals surface area contributed by atoms with Crippen LogP contribution in [-0.2, 0) is 6.18 Å². The smallest absolute Gasteiger partial charge is 0.416 e. The normalized spacial score (nSPS) is 11.2. The van der Waals surface area contributed by atoms with Gasteiger partial charge in [0.1, 0.15) is 11.6 Å². The topological polar surface area (TPSA) is 101 Å². The van der Waals surface area contributed by atoms with E-state index in [0.717, 1.165) is 28.5 Å². The number of alkyl halides is 3. The molecule has 3 N–H and O–H groups in total. The molecule has 2 aromatic heterocycles. The van der Waals surface area contributed by atoms with Crippen LogP contribution in [0, 0.1) is 5.82 Å². The molecule has 0 saturated carbocycles. The van der Waals surface area contributed by atoms with Crippen molar-refractivity contribution < 1.29 is 27.1 Å². The van der Waals surface area contributed by atoms with E-state index in [9.17, 15) is 22.4 Å². The van der Waals surface area contributed by atoms with E-state index in [1.807, 2.05) is 17.4 Å². The van der Waals surface area contributed by atoms with Gasteiger partial charge in [-0.05, 0) is 54.4 Å².